The standard InChI is InChI=1S/C28H38O/c1-18-2-4-25(5-3-18)28(29,26-12-19-6-20(13-26)8-21(7-19)14-26)27-15-22-9-23(16-27)11-24(10-22)17-27/h2-5,19-24,29H,6-17H2,1H3. The van der Waals surface area contributed by atoms with Gasteiger partial charge in [0, 0.05) is 10.8 Å². The fourth-order valence-electron chi connectivity index (χ4n) is 11.1. The lowest BCUT2D eigenvalue weighted by Gasteiger charge is -2.71. The van der Waals surface area contributed by atoms with Crippen molar-refractivity contribution < 1.29 is 5.11 Å². The van der Waals surface area contributed by atoms with E-state index in [0.29, 0.717) is 0 Å². The van der Waals surface area contributed by atoms with E-state index in [4.69, 9.17) is 0 Å². The van der Waals surface area contributed by atoms with Crippen LogP contribution < -0.4 is 0 Å². The van der Waals surface area contributed by atoms with Gasteiger partial charge in [-0.3, -0.25) is 0 Å². The van der Waals surface area contributed by atoms with E-state index in [2.05, 4.69) is 31.2 Å². The number of hydrogen-bond donors (Lipinski definition) is 1. The van der Waals surface area contributed by atoms with Crippen LogP contribution in [0.1, 0.15) is 88.2 Å². The molecule has 1 aromatic carbocycles. The first-order chi connectivity index (χ1) is 14.0. The van der Waals surface area contributed by atoms with Gasteiger partial charge in [-0.15, -0.1) is 0 Å². The van der Waals surface area contributed by atoms with Gasteiger partial charge in [0.05, 0.1) is 0 Å². The van der Waals surface area contributed by atoms with Gasteiger partial charge in [0.2, 0.25) is 0 Å². The molecular weight excluding hydrogens is 352 g/mol. The SMILES string of the molecule is Cc1ccc(C(O)(C23CC4CC(CC(C4)C2)C3)C23CC4CC(CC(C4)C2)C3)cc1. The minimum atomic E-state index is -0.597. The highest BCUT2D eigenvalue weighted by atomic mass is 16.3. The van der Waals surface area contributed by atoms with Crippen LogP contribution in [-0.2, 0) is 5.60 Å². The molecule has 8 bridgehead atoms. The molecule has 0 unspecified atom stereocenters. The predicted octanol–water partition coefficient (Wildman–Crippen LogP) is 6.62. The normalized spacial score (nSPS) is 51.4. The lowest BCUT2D eigenvalue weighted by Crippen LogP contribution is -2.66. The molecule has 9 rings (SSSR count). The lowest BCUT2D eigenvalue weighted by molar-refractivity contribution is -0.277. The van der Waals surface area contributed by atoms with Crippen LogP contribution in [0.4, 0.5) is 0 Å². The number of hydrogen-bond acceptors (Lipinski definition) is 1. The summed E-state index contributed by atoms with van der Waals surface area (Å²) in [6.07, 6.45) is 16.6. The topological polar surface area (TPSA) is 20.2 Å². The maximum Gasteiger partial charge on any atom is 0.101 e. The molecule has 29 heavy (non-hydrogen) atoms. The highest BCUT2D eigenvalue weighted by Gasteiger charge is 2.70. The number of benzene rings is 1. The summed E-state index contributed by atoms with van der Waals surface area (Å²) in [5, 5.41) is 13.3. The minimum Gasteiger partial charge on any atom is -0.384 e. The van der Waals surface area contributed by atoms with Gasteiger partial charge in [-0.2, -0.15) is 0 Å². The second-order valence-corrected chi connectivity index (χ2v) is 13.0. The fraction of sp³-hybridized carbons (Fsp3) is 0.786. The van der Waals surface area contributed by atoms with E-state index < -0.39 is 5.60 Å². The highest BCUT2D eigenvalue weighted by molar-refractivity contribution is 5.34. The molecule has 8 aliphatic carbocycles. The molecule has 0 aromatic heterocycles. The van der Waals surface area contributed by atoms with Gasteiger partial charge >= 0.3 is 0 Å². The quantitative estimate of drug-likeness (QED) is 0.615. The Morgan fingerprint density at radius 3 is 1.24 bits per heavy atom. The molecule has 1 aromatic rings. The van der Waals surface area contributed by atoms with Gasteiger partial charge in [0.25, 0.3) is 0 Å². The third-order valence-electron chi connectivity index (χ3n) is 11.1. The number of rotatable bonds is 3. The summed E-state index contributed by atoms with van der Waals surface area (Å²) in [7, 11) is 0. The number of aryl methyl sites for hydroxylation is 1. The van der Waals surface area contributed by atoms with Crippen LogP contribution in [0.25, 0.3) is 0 Å². The first kappa shape index (κ1) is 17.8. The lowest BCUT2D eigenvalue weighted by atomic mass is 9.35. The summed E-state index contributed by atoms with van der Waals surface area (Å²) in [5.74, 6) is 5.37. The summed E-state index contributed by atoms with van der Waals surface area (Å²) >= 11 is 0. The Labute approximate surface area is 176 Å². The Bertz CT molecular complexity index is 703. The molecule has 0 amide bonds. The van der Waals surface area contributed by atoms with Crippen molar-refractivity contribution in [1.29, 1.82) is 0 Å². The Morgan fingerprint density at radius 2 is 0.931 bits per heavy atom. The van der Waals surface area contributed by atoms with Crippen molar-refractivity contribution in [2.45, 2.75) is 89.6 Å². The molecule has 0 saturated heterocycles. The van der Waals surface area contributed by atoms with E-state index in [1.54, 1.807) is 0 Å². The number of aliphatic hydroxyl groups is 1. The molecule has 156 valence electrons. The van der Waals surface area contributed by atoms with Crippen LogP contribution in [0, 0.1) is 53.3 Å². The molecule has 8 fully saturated rings. The second kappa shape index (κ2) is 5.70. The van der Waals surface area contributed by atoms with Crippen LogP contribution in [0.5, 0.6) is 0 Å². The maximum atomic E-state index is 13.3. The van der Waals surface area contributed by atoms with E-state index in [-0.39, 0.29) is 10.8 Å². The van der Waals surface area contributed by atoms with Crippen molar-refractivity contribution in [2.24, 2.45) is 46.3 Å². The highest BCUT2D eigenvalue weighted by Crippen LogP contribution is 2.75. The maximum absolute atomic E-state index is 13.3. The smallest absolute Gasteiger partial charge is 0.101 e. The Morgan fingerprint density at radius 1 is 0.621 bits per heavy atom. The van der Waals surface area contributed by atoms with Crippen molar-refractivity contribution in [1.82, 2.24) is 0 Å². The Hall–Kier alpha value is -0.820. The van der Waals surface area contributed by atoms with E-state index >= 15 is 0 Å². The zero-order chi connectivity index (χ0) is 19.4. The molecule has 0 heterocycles. The van der Waals surface area contributed by atoms with Crippen molar-refractivity contribution in [3.8, 4) is 0 Å². The summed E-state index contributed by atoms with van der Waals surface area (Å²) < 4.78 is 0. The molecule has 1 nitrogen and oxygen atoms in total. The fourth-order valence-corrected chi connectivity index (χ4v) is 11.1. The summed E-state index contributed by atoms with van der Waals surface area (Å²) in [6, 6.07) is 9.24. The van der Waals surface area contributed by atoms with Crippen molar-refractivity contribution in [3.05, 3.63) is 35.4 Å². The Kier molecular flexibility index (Phi) is 3.50. The van der Waals surface area contributed by atoms with Crippen LogP contribution in [0.3, 0.4) is 0 Å². The van der Waals surface area contributed by atoms with E-state index in [1.165, 1.54) is 88.2 Å². The van der Waals surface area contributed by atoms with Gasteiger partial charge in [-0.1, -0.05) is 29.8 Å². The predicted molar refractivity (Wildman–Crippen MR) is 116 cm³/mol. The molecule has 8 saturated carbocycles. The molecule has 1 N–H and O–H groups in total. The molecule has 8 aliphatic rings. The van der Waals surface area contributed by atoms with E-state index in [0.717, 1.165) is 35.5 Å². The van der Waals surface area contributed by atoms with Gasteiger partial charge < -0.3 is 5.11 Å². The largest absolute Gasteiger partial charge is 0.384 e. The molecule has 0 radical (unpaired) electrons. The van der Waals surface area contributed by atoms with Crippen LogP contribution in [0.2, 0.25) is 0 Å². The van der Waals surface area contributed by atoms with Crippen LogP contribution in [0.15, 0.2) is 24.3 Å². The monoisotopic (exact) mass is 390 g/mol. The molecule has 0 spiro atoms. The van der Waals surface area contributed by atoms with Crippen LogP contribution in [-0.4, -0.2) is 5.11 Å². The summed E-state index contributed by atoms with van der Waals surface area (Å²) in [4.78, 5) is 0. The first-order valence-electron chi connectivity index (χ1n) is 12.8. The van der Waals surface area contributed by atoms with E-state index in [1.807, 2.05) is 0 Å². The van der Waals surface area contributed by atoms with Gasteiger partial charge in [-0.05, 0) is 125 Å². The Balaban J connectivity index is 1.42. The molecule has 0 aliphatic heterocycles. The average Bonchev–Trinajstić information content (AvgIpc) is 2.65. The molecule has 0 atom stereocenters. The average molecular weight is 391 g/mol. The third-order valence-corrected chi connectivity index (χ3v) is 11.1. The first-order valence-corrected chi connectivity index (χ1v) is 12.8. The van der Waals surface area contributed by atoms with Gasteiger partial charge in [-0.25, -0.2) is 0 Å². The second-order valence-electron chi connectivity index (χ2n) is 13.0. The zero-order valence-electron chi connectivity index (χ0n) is 18.2. The molecular formula is C28H38O. The van der Waals surface area contributed by atoms with Gasteiger partial charge in [0.1, 0.15) is 5.60 Å². The van der Waals surface area contributed by atoms with Crippen molar-refractivity contribution >= 4 is 0 Å². The van der Waals surface area contributed by atoms with E-state index in [9.17, 15) is 5.11 Å². The molecule has 1 heteroatoms. The minimum absolute atomic E-state index is 0.155. The zero-order valence-corrected chi connectivity index (χ0v) is 18.2. The summed E-state index contributed by atoms with van der Waals surface area (Å²) in [5.41, 5.74) is 2.34. The summed E-state index contributed by atoms with van der Waals surface area (Å²) in [6.45, 7) is 2.19. The van der Waals surface area contributed by atoms with Gasteiger partial charge in [0.15, 0.2) is 0 Å². The third kappa shape index (κ3) is 2.27. The van der Waals surface area contributed by atoms with Crippen molar-refractivity contribution in [3.63, 3.8) is 0 Å². The van der Waals surface area contributed by atoms with Crippen molar-refractivity contribution in [2.75, 3.05) is 0 Å². The van der Waals surface area contributed by atoms with Crippen LogP contribution >= 0.6 is 0 Å².